The maximum atomic E-state index is 14.4. The number of amides is 7. The third kappa shape index (κ3) is 12.3. The topological polar surface area (TPSA) is 304 Å². The summed E-state index contributed by atoms with van der Waals surface area (Å²) in [4.78, 5) is 95.4. The Balaban J connectivity index is 1.22. The number of para-hydroxylation sites is 2. The summed E-state index contributed by atoms with van der Waals surface area (Å²) >= 11 is 0. The summed E-state index contributed by atoms with van der Waals surface area (Å²) in [5, 5.41) is 13.6. The van der Waals surface area contributed by atoms with Crippen LogP contribution in [0.4, 0.5) is 4.79 Å². The van der Waals surface area contributed by atoms with Gasteiger partial charge in [0.25, 0.3) is 5.91 Å². The third-order valence-corrected chi connectivity index (χ3v) is 10.8. The predicted molar refractivity (Wildman–Crippen MR) is 240 cm³/mol. The molecule has 6 aromatic rings. The fourth-order valence-corrected chi connectivity index (χ4v) is 7.28. The van der Waals surface area contributed by atoms with Gasteiger partial charge >= 0.3 is 6.03 Å². The molecule has 7 amide bonds. The molecule has 0 unspecified atom stereocenters. The van der Waals surface area contributed by atoms with Crippen molar-refractivity contribution in [3.05, 3.63) is 126 Å². The molecule has 6 rings (SSSR count). The Labute approximate surface area is 369 Å². The zero-order valence-corrected chi connectivity index (χ0v) is 35.4. The maximum absolute atomic E-state index is 14.4. The Morgan fingerprint density at radius 3 is 1.86 bits per heavy atom. The molecule has 0 saturated carbocycles. The number of nitrogens with one attached hydrogen (secondary N) is 8. The molecule has 0 aliphatic carbocycles. The number of imidazole rings is 1. The first-order valence-electron chi connectivity index (χ1n) is 21.1. The standard InChI is InChI=1S/C45H55N13O6/c1-27(53-43(62)38(19-29-22-50-35-15-7-5-13-32(29)35)55-42(61)34(47)21-31-24-49-26-52-31)41(60)54-39(20-30-23-51-36-16-8-6-14-33(30)36)44(63)57-58(25-28-11-3-2-4-12-28)45(64)56-37(40(48)59)17-9-10-18-46/h2-8,11-16,22-24,26-27,34,37-39,50-51H,9-10,17-21,25,46-47H2,1H3,(H2,48,59)(H,49,52)(H,53,62)(H,54,60)(H,55,61)(H,56,64)(H,57,63)/t27-,34-,37-,38+,39-/m0/s1. The van der Waals surface area contributed by atoms with E-state index in [1.807, 2.05) is 48.5 Å². The van der Waals surface area contributed by atoms with Crippen LogP contribution in [0.15, 0.2) is 104 Å². The van der Waals surface area contributed by atoms with Crippen molar-refractivity contribution < 1.29 is 28.8 Å². The van der Waals surface area contributed by atoms with E-state index >= 15 is 0 Å². The minimum atomic E-state index is -1.30. The molecule has 14 N–H and O–H groups in total. The van der Waals surface area contributed by atoms with E-state index < -0.39 is 65.8 Å². The Hall–Kier alpha value is -7.51. The van der Waals surface area contributed by atoms with Crippen molar-refractivity contribution in [3.8, 4) is 0 Å². The number of nitrogens with two attached hydrogens (primary N) is 3. The molecule has 3 aromatic carbocycles. The van der Waals surface area contributed by atoms with Crippen LogP contribution in [0.1, 0.15) is 48.6 Å². The van der Waals surface area contributed by atoms with Crippen molar-refractivity contribution in [2.75, 3.05) is 6.54 Å². The third-order valence-electron chi connectivity index (χ3n) is 10.8. The summed E-state index contributed by atoms with van der Waals surface area (Å²) in [5.41, 5.74) is 24.5. The fourth-order valence-electron chi connectivity index (χ4n) is 7.28. The summed E-state index contributed by atoms with van der Waals surface area (Å²) in [7, 11) is 0. The molecule has 0 spiro atoms. The second-order valence-corrected chi connectivity index (χ2v) is 15.6. The quantitative estimate of drug-likeness (QED) is 0.0368. The van der Waals surface area contributed by atoms with E-state index in [0.29, 0.717) is 36.2 Å². The first-order chi connectivity index (χ1) is 30.9. The van der Waals surface area contributed by atoms with E-state index in [0.717, 1.165) is 32.4 Å². The van der Waals surface area contributed by atoms with Crippen molar-refractivity contribution in [1.82, 2.24) is 51.6 Å². The summed E-state index contributed by atoms with van der Waals surface area (Å²) in [6, 6.07) is 17.3. The molecule has 64 heavy (non-hydrogen) atoms. The zero-order chi connectivity index (χ0) is 45.6. The zero-order valence-electron chi connectivity index (χ0n) is 35.4. The lowest BCUT2D eigenvalue weighted by atomic mass is 10.0. The highest BCUT2D eigenvalue weighted by Crippen LogP contribution is 2.21. The highest BCUT2D eigenvalue weighted by Gasteiger charge is 2.32. The minimum absolute atomic E-state index is 0.0283. The number of nitrogens with zero attached hydrogens (tertiary/aromatic N) is 2. The van der Waals surface area contributed by atoms with Gasteiger partial charge in [-0.05, 0) is 61.6 Å². The Morgan fingerprint density at radius 1 is 0.672 bits per heavy atom. The van der Waals surface area contributed by atoms with Gasteiger partial charge in [-0.1, -0.05) is 66.7 Å². The monoisotopic (exact) mass is 873 g/mol. The number of aromatic amines is 3. The molecule has 3 aromatic heterocycles. The molecule has 0 aliphatic rings. The number of urea groups is 1. The van der Waals surface area contributed by atoms with Crippen LogP contribution in [0.2, 0.25) is 0 Å². The smallest absolute Gasteiger partial charge is 0.337 e. The van der Waals surface area contributed by atoms with Crippen molar-refractivity contribution in [1.29, 1.82) is 0 Å². The lowest BCUT2D eigenvalue weighted by molar-refractivity contribution is -0.134. The molecule has 5 atom stereocenters. The summed E-state index contributed by atoms with van der Waals surface area (Å²) in [6.45, 7) is 1.74. The van der Waals surface area contributed by atoms with Gasteiger partial charge in [0.05, 0.1) is 18.9 Å². The fraction of sp³-hybridized carbons (Fsp3) is 0.311. The molecule has 0 fully saturated rings. The Bertz CT molecular complexity index is 2520. The van der Waals surface area contributed by atoms with Gasteiger partial charge in [-0.3, -0.25) is 29.4 Å². The number of fused-ring (bicyclic) bond motifs is 2. The van der Waals surface area contributed by atoms with Gasteiger partial charge in [-0.15, -0.1) is 0 Å². The van der Waals surface area contributed by atoms with E-state index in [2.05, 4.69) is 46.6 Å². The number of carbonyl (C=O) groups is 6. The molecule has 0 saturated heterocycles. The molecule has 0 radical (unpaired) electrons. The van der Waals surface area contributed by atoms with Crippen LogP contribution < -0.4 is 43.9 Å². The van der Waals surface area contributed by atoms with Crippen molar-refractivity contribution >= 4 is 57.4 Å². The molecular weight excluding hydrogens is 819 g/mol. The SMILES string of the molecule is C[C@H](NC(=O)[C@@H](Cc1c[nH]c2ccccc12)NC(=O)[C@@H](N)Cc1cnc[nH]1)C(=O)N[C@@H](Cc1c[nH]c2ccccc12)C(=O)NN(Cc1ccccc1)C(=O)N[C@@H](CCCCN)C(N)=O. The van der Waals surface area contributed by atoms with E-state index in [1.165, 1.54) is 13.3 Å². The number of hydrazine groups is 1. The van der Waals surface area contributed by atoms with Gasteiger partial charge in [-0.25, -0.2) is 14.8 Å². The van der Waals surface area contributed by atoms with Gasteiger partial charge < -0.3 is 53.4 Å². The Morgan fingerprint density at radius 2 is 1.27 bits per heavy atom. The molecule has 19 heteroatoms. The highest BCUT2D eigenvalue weighted by atomic mass is 16.2. The van der Waals surface area contributed by atoms with Crippen LogP contribution in [0.3, 0.4) is 0 Å². The number of unbranched alkanes of at least 4 members (excludes halogenated alkanes) is 1. The van der Waals surface area contributed by atoms with E-state index in [1.54, 1.807) is 48.9 Å². The van der Waals surface area contributed by atoms with Crippen LogP contribution in [-0.4, -0.2) is 97.3 Å². The maximum Gasteiger partial charge on any atom is 0.337 e. The highest BCUT2D eigenvalue weighted by molar-refractivity contribution is 5.96. The van der Waals surface area contributed by atoms with Crippen molar-refractivity contribution in [2.24, 2.45) is 17.2 Å². The summed E-state index contributed by atoms with van der Waals surface area (Å²) < 4.78 is 0. The lowest BCUT2D eigenvalue weighted by Crippen LogP contribution is -2.60. The number of primary amides is 1. The normalized spacial score (nSPS) is 13.5. The largest absolute Gasteiger partial charge is 0.368 e. The minimum Gasteiger partial charge on any atom is -0.368 e. The number of aromatic nitrogens is 4. The van der Waals surface area contributed by atoms with Crippen LogP contribution in [0, 0.1) is 0 Å². The number of rotatable bonds is 21. The molecule has 0 aliphatic heterocycles. The molecule has 336 valence electrons. The van der Waals surface area contributed by atoms with Gasteiger partial charge in [0.15, 0.2) is 0 Å². The summed E-state index contributed by atoms with van der Waals surface area (Å²) in [5.74, 6) is -3.51. The molecule has 0 bridgehead atoms. The van der Waals surface area contributed by atoms with Crippen LogP contribution in [0.25, 0.3) is 21.8 Å². The number of carbonyl (C=O) groups excluding carboxylic acids is 6. The van der Waals surface area contributed by atoms with E-state index in [4.69, 9.17) is 17.2 Å². The van der Waals surface area contributed by atoms with Gasteiger partial charge in [0.2, 0.25) is 23.6 Å². The van der Waals surface area contributed by atoms with Crippen LogP contribution in [-0.2, 0) is 49.8 Å². The van der Waals surface area contributed by atoms with Crippen LogP contribution >= 0.6 is 0 Å². The Kier molecular flexibility index (Phi) is 15.8. The summed E-state index contributed by atoms with van der Waals surface area (Å²) in [6.07, 6.45) is 8.04. The van der Waals surface area contributed by atoms with Gasteiger partial charge in [0.1, 0.15) is 24.2 Å². The molecular formula is C45H55N13O6. The first-order valence-corrected chi connectivity index (χ1v) is 21.1. The van der Waals surface area contributed by atoms with Crippen molar-refractivity contribution in [3.63, 3.8) is 0 Å². The van der Waals surface area contributed by atoms with E-state index in [9.17, 15) is 28.8 Å². The number of hydrogen-bond acceptors (Lipinski definition) is 9. The predicted octanol–water partition coefficient (Wildman–Crippen LogP) is 1.43. The van der Waals surface area contributed by atoms with Gasteiger partial charge in [-0.2, -0.15) is 0 Å². The molecule has 19 nitrogen and oxygen atoms in total. The average molecular weight is 874 g/mol. The number of benzene rings is 3. The second-order valence-electron chi connectivity index (χ2n) is 15.6. The van der Waals surface area contributed by atoms with E-state index in [-0.39, 0.29) is 32.2 Å². The lowest BCUT2D eigenvalue weighted by Gasteiger charge is -2.29. The second kappa shape index (κ2) is 22.0. The number of hydrogen-bond donors (Lipinski definition) is 11. The first kappa shape index (κ1) is 46.0. The molecule has 3 heterocycles. The van der Waals surface area contributed by atoms with Gasteiger partial charge in [0, 0.05) is 65.4 Å². The number of H-pyrrole nitrogens is 3. The average Bonchev–Trinajstić information content (AvgIpc) is 4.06. The van der Waals surface area contributed by atoms with Crippen LogP contribution in [0.5, 0.6) is 0 Å². The van der Waals surface area contributed by atoms with Crippen molar-refractivity contribution in [2.45, 2.75) is 82.2 Å².